The van der Waals surface area contributed by atoms with Gasteiger partial charge in [-0.05, 0) is 62.1 Å². The van der Waals surface area contributed by atoms with Crippen LogP contribution in [0.15, 0.2) is 72.8 Å². The zero-order chi connectivity index (χ0) is 29.7. The Morgan fingerprint density at radius 2 is 1.62 bits per heavy atom. The van der Waals surface area contributed by atoms with Gasteiger partial charge in [-0.1, -0.05) is 67.9 Å². The fourth-order valence-electron chi connectivity index (χ4n) is 5.04. The number of rotatable bonds is 10. The number of nitrogen functional groups attached to an aromatic ring is 1. The van der Waals surface area contributed by atoms with Crippen molar-refractivity contribution in [2.45, 2.75) is 72.2 Å². The summed E-state index contributed by atoms with van der Waals surface area (Å²) >= 11 is 0. The molecular formula is C34H40N6O2. The van der Waals surface area contributed by atoms with Crippen LogP contribution in [0.25, 0.3) is 21.9 Å². The number of fused-ring (bicyclic) bond motifs is 3. The first kappa shape index (κ1) is 28.9. The number of carbonyl (C=O) groups excluding carboxylic acids is 1. The molecule has 0 aliphatic heterocycles. The lowest BCUT2D eigenvalue weighted by atomic mass is 10.1. The summed E-state index contributed by atoms with van der Waals surface area (Å²) in [5, 5.41) is 7.32. The predicted octanol–water partition coefficient (Wildman–Crippen LogP) is 7.19. The molecule has 0 aliphatic carbocycles. The number of unbranched alkanes of at least 4 members (excludes halogenated alkanes) is 1. The third-order valence-corrected chi connectivity index (χ3v) is 7.09. The van der Waals surface area contributed by atoms with Crippen LogP contribution in [0.4, 0.5) is 16.3 Å². The number of nitrogens with two attached hydrogens (primary N) is 1. The molecule has 0 aliphatic rings. The van der Waals surface area contributed by atoms with Crippen LogP contribution in [0.3, 0.4) is 0 Å². The minimum atomic E-state index is -0.445. The maximum Gasteiger partial charge on any atom is 0.407 e. The SMILES string of the molecule is CCCCc1nc2c(N)nc3ccccc3c2n1Cc1ccc(CNC(=O)OCc2ccc(NC(C)(C)C)cc2)cc1. The van der Waals surface area contributed by atoms with Crippen LogP contribution in [0, 0.1) is 0 Å². The molecule has 4 N–H and O–H groups in total. The van der Waals surface area contributed by atoms with Gasteiger partial charge in [-0.3, -0.25) is 0 Å². The first-order valence-corrected chi connectivity index (χ1v) is 14.6. The summed E-state index contributed by atoms with van der Waals surface area (Å²) in [5.41, 5.74) is 13.1. The second kappa shape index (κ2) is 12.5. The highest BCUT2D eigenvalue weighted by molar-refractivity contribution is 6.06. The number of carbonyl (C=O) groups is 1. The molecule has 8 nitrogen and oxygen atoms in total. The van der Waals surface area contributed by atoms with Gasteiger partial charge in [-0.15, -0.1) is 0 Å². The second-order valence-corrected chi connectivity index (χ2v) is 11.7. The number of anilines is 2. The van der Waals surface area contributed by atoms with Crippen LogP contribution in [0.1, 0.15) is 63.1 Å². The Hall–Kier alpha value is -4.59. The molecule has 0 spiro atoms. The van der Waals surface area contributed by atoms with E-state index in [2.05, 4.69) is 66.1 Å². The van der Waals surface area contributed by atoms with E-state index >= 15 is 0 Å². The molecule has 2 heterocycles. The minimum Gasteiger partial charge on any atom is -0.445 e. The zero-order valence-electron chi connectivity index (χ0n) is 24.9. The lowest BCUT2D eigenvalue weighted by Gasteiger charge is -2.22. The number of ether oxygens (including phenoxy) is 1. The Morgan fingerprint density at radius 3 is 2.33 bits per heavy atom. The molecule has 0 saturated carbocycles. The molecule has 0 unspecified atom stereocenters. The monoisotopic (exact) mass is 564 g/mol. The van der Waals surface area contributed by atoms with E-state index in [0.717, 1.165) is 69.4 Å². The highest BCUT2D eigenvalue weighted by atomic mass is 16.5. The maximum atomic E-state index is 12.3. The summed E-state index contributed by atoms with van der Waals surface area (Å²) in [7, 11) is 0. The number of amides is 1. The van der Waals surface area contributed by atoms with E-state index in [-0.39, 0.29) is 12.1 Å². The van der Waals surface area contributed by atoms with E-state index in [1.165, 1.54) is 0 Å². The van der Waals surface area contributed by atoms with E-state index in [4.69, 9.17) is 15.5 Å². The summed E-state index contributed by atoms with van der Waals surface area (Å²) in [5.74, 6) is 1.48. The van der Waals surface area contributed by atoms with Crippen LogP contribution in [-0.2, 0) is 30.9 Å². The number of para-hydroxylation sites is 1. The third-order valence-electron chi connectivity index (χ3n) is 7.09. The Morgan fingerprint density at radius 1 is 0.929 bits per heavy atom. The number of nitrogens with zero attached hydrogens (tertiary/aromatic N) is 3. The summed E-state index contributed by atoms with van der Waals surface area (Å²) in [6.07, 6.45) is 2.57. The van der Waals surface area contributed by atoms with Gasteiger partial charge in [-0.25, -0.2) is 14.8 Å². The topological polar surface area (TPSA) is 107 Å². The second-order valence-electron chi connectivity index (χ2n) is 11.7. The van der Waals surface area contributed by atoms with Crippen LogP contribution in [0.2, 0.25) is 0 Å². The van der Waals surface area contributed by atoms with Gasteiger partial charge in [0.2, 0.25) is 0 Å². The molecule has 0 saturated heterocycles. The Kier molecular flexibility index (Phi) is 8.61. The number of hydrogen-bond donors (Lipinski definition) is 3. The summed E-state index contributed by atoms with van der Waals surface area (Å²) in [6, 6.07) is 24.3. The Labute approximate surface area is 247 Å². The number of imidazole rings is 1. The normalized spacial score (nSPS) is 11.6. The maximum absolute atomic E-state index is 12.3. The van der Waals surface area contributed by atoms with Crippen molar-refractivity contribution in [2.24, 2.45) is 0 Å². The van der Waals surface area contributed by atoms with Crippen molar-refractivity contribution >= 4 is 39.5 Å². The predicted molar refractivity (Wildman–Crippen MR) is 170 cm³/mol. The fraction of sp³-hybridized carbons (Fsp3) is 0.324. The molecular weight excluding hydrogens is 524 g/mol. The van der Waals surface area contributed by atoms with Crippen molar-refractivity contribution in [3.63, 3.8) is 0 Å². The number of nitrogens with one attached hydrogen (secondary N) is 2. The van der Waals surface area contributed by atoms with Crippen LogP contribution in [-0.4, -0.2) is 26.2 Å². The van der Waals surface area contributed by atoms with E-state index in [1.807, 2.05) is 54.6 Å². The van der Waals surface area contributed by atoms with E-state index in [0.29, 0.717) is 18.9 Å². The number of aryl methyl sites for hydroxylation is 1. The number of aromatic nitrogens is 3. The molecule has 42 heavy (non-hydrogen) atoms. The summed E-state index contributed by atoms with van der Waals surface area (Å²) in [6.45, 7) is 9.80. The van der Waals surface area contributed by atoms with Gasteiger partial charge in [0.1, 0.15) is 17.9 Å². The van der Waals surface area contributed by atoms with Crippen LogP contribution in [0.5, 0.6) is 0 Å². The van der Waals surface area contributed by atoms with Crippen molar-refractivity contribution < 1.29 is 9.53 Å². The minimum absolute atomic E-state index is 0.0112. The van der Waals surface area contributed by atoms with Crippen molar-refractivity contribution in [3.05, 3.63) is 95.3 Å². The quantitative estimate of drug-likeness (QED) is 0.166. The third kappa shape index (κ3) is 7.00. The molecule has 0 radical (unpaired) electrons. The van der Waals surface area contributed by atoms with Crippen molar-refractivity contribution in [2.75, 3.05) is 11.1 Å². The molecule has 2 aromatic heterocycles. The first-order chi connectivity index (χ1) is 20.2. The molecule has 3 aromatic carbocycles. The van der Waals surface area contributed by atoms with Crippen LogP contribution < -0.4 is 16.4 Å². The van der Waals surface area contributed by atoms with Gasteiger partial charge in [0, 0.05) is 36.1 Å². The lowest BCUT2D eigenvalue weighted by Crippen LogP contribution is -2.26. The Bertz CT molecular complexity index is 1670. The van der Waals surface area contributed by atoms with Gasteiger partial charge in [0.25, 0.3) is 0 Å². The van der Waals surface area contributed by atoms with Gasteiger partial charge in [-0.2, -0.15) is 0 Å². The molecule has 0 fully saturated rings. The number of pyridine rings is 1. The van der Waals surface area contributed by atoms with Crippen LogP contribution >= 0.6 is 0 Å². The van der Waals surface area contributed by atoms with Crippen molar-refractivity contribution in [3.8, 4) is 0 Å². The summed E-state index contributed by atoms with van der Waals surface area (Å²) in [4.78, 5) is 21.9. The molecule has 8 heteroatoms. The molecule has 0 bridgehead atoms. The first-order valence-electron chi connectivity index (χ1n) is 14.6. The molecule has 5 aromatic rings. The molecule has 0 atom stereocenters. The lowest BCUT2D eigenvalue weighted by molar-refractivity contribution is 0.139. The average Bonchev–Trinajstić information content (AvgIpc) is 3.33. The largest absolute Gasteiger partial charge is 0.445 e. The number of alkyl carbamates (subject to hydrolysis) is 1. The van der Waals surface area contributed by atoms with Gasteiger partial charge >= 0.3 is 6.09 Å². The van der Waals surface area contributed by atoms with E-state index in [1.54, 1.807) is 0 Å². The van der Waals surface area contributed by atoms with Gasteiger partial charge < -0.3 is 25.7 Å². The smallest absolute Gasteiger partial charge is 0.407 e. The highest BCUT2D eigenvalue weighted by Crippen LogP contribution is 2.30. The number of benzene rings is 3. The standard InChI is InChI=1S/C34H40N6O2/c1-5-6-11-29-38-30-31(27-9-7-8-10-28(27)37-32(30)35)40(29)21-24-14-12-23(13-15-24)20-36-33(41)42-22-25-16-18-26(19-17-25)39-34(2,3)4/h7-10,12-19,39H,5-6,11,20-22H2,1-4H3,(H2,35,37)(H,36,41). The van der Waals surface area contributed by atoms with E-state index < -0.39 is 6.09 Å². The van der Waals surface area contributed by atoms with Gasteiger partial charge in [0.05, 0.1) is 11.0 Å². The number of hydrogen-bond acceptors (Lipinski definition) is 6. The summed E-state index contributed by atoms with van der Waals surface area (Å²) < 4.78 is 7.70. The highest BCUT2D eigenvalue weighted by Gasteiger charge is 2.17. The molecule has 5 rings (SSSR count). The molecule has 218 valence electrons. The van der Waals surface area contributed by atoms with Crippen molar-refractivity contribution in [1.82, 2.24) is 19.9 Å². The van der Waals surface area contributed by atoms with Crippen molar-refractivity contribution in [1.29, 1.82) is 0 Å². The fourth-order valence-corrected chi connectivity index (χ4v) is 5.04. The van der Waals surface area contributed by atoms with Gasteiger partial charge in [0.15, 0.2) is 5.82 Å². The van der Waals surface area contributed by atoms with E-state index in [9.17, 15) is 4.79 Å². The zero-order valence-corrected chi connectivity index (χ0v) is 24.9. The molecule has 1 amide bonds. The average molecular weight is 565 g/mol. The Balaban J connectivity index is 1.22.